The van der Waals surface area contributed by atoms with Crippen molar-refractivity contribution in [3.05, 3.63) is 50.1 Å². The van der Waals surface area contributed by atoms with Crippen LogP contribution in [0.3, 0.4) is 0 Å². The van der Waals surface area contributed by atoms with Crippen LogP contribution < -0.4 is 4.90 Å². The number of halogens is 1. The van der Waals surface area contributed by atoms with Gasteiger partial charge in [0.1, 0.15) is 0 Å². The van der Waals surface area contributed by atoms with E-state index in [1.807, 2.05) is 32.0 Å². The predicted octanol–water partition coefficient (Wildman–Crippen LogP) is 3.58. The summed E-state index contributed by atoms with van der Waals surface area (Å²) in [6, 6.07) is 9.78. The molecule has 28 heavy (non-hydrogen) atoms. The number of imide groups is 1. The van der Waals surface area contributed by atoms with Gasteiger partial charge in [0.05, 0.1) is 21.9 Å². The number of carbonyl (C=O) groups excluding carboxylic acids is 2. The lowest BCUT2D eigenvalue weighted by Crippen LogP contribution is -2.52. The maximum atomic E-state index is 13.1. The van der Waals surface area contributed by atoms with Crippen molar-refractivity contribution in [3.63, 3.8) is 0 Å². The molecule has 0 N–H and O–H groups in total. The van der Waals surface area contributed by atoms with Gasteiger partial charge in [0, 0.05) is 37.6 Å². The molecule has 2 fully saturated rings. The van der Waals surface area contributed by atoms with Crippen LogP contribution in [-0.4, -0.2) is 53.8 Å². The number of aryl methyl sites for hydroxylation is 2. The van der Waals surface area contributed by atoms with E-state index < -0.39 is 0 Å². The van der Waals surface area contributed by atoms with Crippen LogP contribution in [0.2, 0.25) is 0 Å². The Labute approximate surface area is 178 Å². The fraction of sp³-hybridized carbons (Fsp3) is 0.429. The van der Waals surface area contributed by atoms with Crippen molar-refractivity contribution in [1.82, 2.24) is 9.80 Å². The Morgan fingerprint density at radius 2 is 1.82 bits per heavy atom. The van der Waals surface area contributed by atoms with Crippen molar-refractivity contribution in [3.8, 4) is 0 Å². The van der Waals surface area contributed by atoms with Gasteiger partial charge in [-0.1, -0.05) is 17.7 Å². The molecule has 0 bridgehead atoms. The van der Waals surface area contributed by atoms with Crippen LogP contribution in [0.5, 0.6) is 0 Å². The molecule has 0 saturated carbocycles. The van der Waals surface area contributed by atoms with Crippen molar-refractivity contribution >= 4 is 44.8 Å². The molecule has 4 rings (SSSR count). The highest BCUT2D eigenvalue weighted by atomic mass is 79.9. The van der Waals surface area contributed by atoms with Crippen molar-refractivity contribution in [2.75, 3.05) is 31.1 Å². The summed E-state index contributed by atoms with van der Waals surface area (Å²) < 4.78 is 1.16. The largest absolute Gasteiger partial charge is 0.296 e. The monoisotopic (exact) mass is 461 g/mol. The smallest absolute Gasteiger partial charge is 0.251 e. The van der Waals surface area contributed by atoms with E-state index in [9.17, 15) is 9.59 Å². The van der Waals surface area contributed by atoms with E-state index in [4.69, 9.17) is 0 Å². The number of nitrogens with zero attached hydrogens (tertiary/aromatic N) is 3. The van der Waals surface area contributed by atoms with Crippen molar-refractivity contribution in [2.24, 2.45) is 0 Å². The van der Waals surface area contributed by atoms with Gasteiger partial charge < -0.3 is 0 Å². The van der Waals surface area contributed by atoms with Crippen LogP contribution in [0.4, 0.5) is 5.69 Å². The molecule has 0 radical (unpaired) electrons. The minimum atomic E-state index is -0.328. The molecule has 0 spiro atoms. The van der Waals surface area contributed by atoms with Gasteiger partial charge in [-0.25, -0.2) is 4.90 Å². The summed E-state index contributed by atoms with van der Waals surface area (Å²) in [5.41, 5.74) is 2.82. The average molecular weight is 462 g/mol. The standard InChI is InChI=1S/C21H24BrN3O2S/c1-14-3-5-17(15(2)11-14)25-20(26)12-18(21(25)27)24-9-7-23(8-10-24)13-16-4-6-19(22)28-16/h3-6,11,18H,7-10,12-13H2,1-2H3/t18-/m1/s1. The molecule has 1 atom stereocenters. The molecule has 2 amide bonds. The van der Waals surface area contributed by atoms with Gasteiger partial charge in [-0.15, -0.1) is 11.3 Å². The molecule has 2 aliphatic rings. The number of hydrogen-bond acceptors (Lipinski definition) is 5. The lowest BCUT2D eigenvalue weighted by Gasteiger charge is -2.36. The average Bonchev–Trinajstić information content (AvgIpc) is 3.19. The lowest BCUT2D eigenvalue weighted by molar-refractivity contribution is -0.123. The third kappa shape index (κ3) is 3.94. The Kier molecular flexibility index (Phi) is 5.69. The van der Waals surface area contributed by atoms with Gasteiger partial charge in [-0.2, -0.15) is 0 Å². The van der Waals surface area contributed by atoms with Gasteiger partial charge in [0.15, 0.2) is 0 Å². The normalized spacial score (nSPS) is 21.7. The van der Waals surface area contributed by atoms with E-state index >= 15 is 0 Å². The van der Waals surface area contributed by atoms with Gasteiger partial charge in [-0.05, 0) is 53.5 Å². The summed E-state index contributed by atoms with van der Waals surface area (Å²) in [6.45, 7) is 8.37. The molecule has 0 unspecified atom stereocenters. The number of hydrogen-bond donors (Lipinski definition) is 0. The minimum Gasteiger partial charge on any atom is -0.296 e. The van der Waals surface area contributed by atoms with E-state index in [1.54, 1.807) is 11.3 Å². The van der Waals surface area contributed by atoms with E-state index in [1.165, 1.54) is 9.78 Å². The van der Waals surface area contributed by atoms with Gasteiger partial charge >= 0.3 is 0 Å². The molecule has 0 aliphatic carbocycles. The number of anilines is 1. The Hall–Kier alpha value is -1.54. The van der Waals surface area contributed by atoms with E-state index in [0.29, 0.717) is 0 Å². The minimum absolute atomic E-state index is 0.0763. The molecule has 5 nitrogen and oxygen atoms in total. The van der Waals surface area contributed by atoms with Crippen molar-refractivity contribution in [2.45, 2.75) is 32.9 Å². The quantitative estimate of drug-likeness (QED) is 0.652. The summed E-state index contributed by atoms with van der Waals surface area (Å²) in [4.78, 5) is 33.1. The van der Waals surface area contributed by atoms with Crippen LogP contribution in [0, 0.1) is 13.8 Å². The van der Waals surface area contributed by atoms with Crippen molar-refractivity contribution in [1.29, 1.82) is 0 Å². The van der Waals surface area contributed by atoms with Crippen LogP contribution >= 0.6 is 27.3 Å². The first-order chi connectivity index (χ1) is 13.4. The zero-order valence-electron chi connectivity index (χ0n) is 16.2. The second kappa shape index (κ2) is 8.06. The van der Waals surface area contributed by atoms with Crippen molar-refractivity contribution < 1.29 is 9.59 Å². The molecule has 1 aromatic carbocycles. The van der Waals surface area contributed by atoms with Gasteiger partial charge in [-0.3, -0.25) is 19.4 Å². The summed E-state index contributed by atoms with van der Waals surface area (Å²) in [6.07, 6.45) is 0.282. The van der Waals surface area contributed by atoms with Gasteiger partial charge in [0.25, 0.3) is 5.91 Å². The second-order valence-electron chi connectivity index (χ2n) is 7.60. The Bertz CT molecular complexity index is 905. The summed E-state index contributed by atoms with van der Waals surface area (Å²) in [5.74, 6) is -0.166. The first kappa shape index (κ1) is 19.8. The van der Waals surface area contributed by atoms with E-state index in [-0.39, 0.29) is 24.3 Å². The summed E-state index contributed by atoms with van der Waals surface area (Å²) in [7, 11) is 0. The van der Waals surface area contributed by atoms with E-state index in [2.05, 4.69) is 37.9 Å². The lowest BCUT2D eigenvalue weighted by atomic mass is 10.1. The summed E-state index contributed by atoms with van der Waals surface area (Å²) in [5, 5.41) is 0. The number of carbonyl (C=O) groups is 2. The highest BCUT2D eigenvalue weighted by Crippen LogP contribution is 2.30. The highest BCUT2D eigenvalue weighted by Gasteiger charge is 2.43. The zero-order chi connectivity index (χ0) is 19.8. The molecule has 1 aromatic heterocycles. The Morgan fingerprint density at radius 3 is 2.46 bits per heavy atom. The zero-order valence-corrected chi connectivity index (χ0v) is 18.6. The Morgan fingerprint density at radius 1 is 1.07 bits per heavy atom. The maximum absolute atomic E-state index is 13.1. The van der Waals surface area contributed by atoms with Crippen LogP contribution in [0.15, 0.2) is 34.1 Å². The first-order valence-corrected chi connectivity index (χ1v) is 11.2. The SMILES string of the molecule is Cc1ccc(N2C(=O)C[C@@H](N3CCN(Cc4ccc(Br)s4)CC3)C2=O)c(C)c1. The third-order valence-corrected chi connectivity index (χ3v) is 7.18. The van der Waals surface area contributed by atoms with Crippen LogP contribution in [0.25, 0.3) is 0 Å². The van der Waals surface area contributed by atoms with Gasteiger partial charge in [0.2, 0.25) is 5.91 Å². The fourth-order valence-corrected chi connectivity index (χ4v) is 5.63. The molecule has 2 aromatic rings. The van der Waals surface area contributed by atoms with E-state index in [0.717, 1.165) is 53.3 Å². The topological polar surface area (TPSA) is 43.9 Å². The fourth-order valence-electron chi connectivity index (χ4n) is 4.10. The summed E-state index contributed by atoms with van der Waals surface area (Å²) >= 11 is 5.28. The molecule has 2 saturated heterocycles. The number of benzene rings is 1. The predicted molar refractivity (Wildman–Crippen MR) is 116 cm³/mol. The number of piperazine rings is 1. The molecule has 2 aliphatic heterocycles. The second-order valence-corrected chi connectivity index (χ2v) is 10.1. The highest BCUT2D eigenvalue weighted by molar-refractivity contribution is 9.11. The molecule has 7 heteroatoms. The molecule has 148 valence electrons. The molecular formula is C21H24BrN3O2S. The van der Waals surface area contributed by atoms with Crippen LogP contribution in [-0.2, 0) is 16.1 Å². The molecule has 3 heterocycles. The van der Waals surface area contributed by atoms with Crippen LogP contribution in [0.1, 0.15) is 22.4 Å². The number of amides is 2. The third-order valence-electron chi connectivity index (χ3n) is 5.57. The maximum Gasteiger partial charge on any atom is 0.251 e. The number of thiophene rings is 1. The first-order valence-electron chi connectivity index (χ1n) is 9.57. The molecular weight excluding hydrogens is 438 g/mol. The number of rotatable bonds is 4. The Balaban J connectivity index is 1.40.